The number of ether oxygens (including phenoxy) is 1. The zero-order valence-electron chi connectivity index (χ0n) is 15.1. The number of benzene rings is 2. The largest absolute Gasteiger partial charge is 0.494 e. The first-order valence-electron chi connectivity index (χ1n) is 8.04. The first-order valence-corrected chi connectivity index (χ1v) is 10.8. The van der Waals surface area contributed by atoms with Crippen LogP contribution in [0.1, 0.15) is 6.92 Å². The van der Waals surface area contributed by atoms with Crippen LogP contribution in [0, 0.1) is 0 Å². The number of halogens is 2. The third-order valence-corrected chi connectivity index (χ3v) is 6.14. The van der Waals surface area contributed by atoms with Crippen molar-refractivity contribution in [2.45, 2.75) is 11.8 Å². The summed E-state index contributed by atoms with van der Waals surface area (Å²) in [6.45, 7) is 2.55. The molecule has 3 aromatic rings. The van der Waals surface area contributed by atoms with Gasteiger partial charge in [0, 0.05) is 18.0 Å². The van der Waals surface area contributed by atoms with E-state index in [2.05, 4.69) is 4.99 Å². The molecule has 0 aliphatic rings. The van der Waals surface area contributed by atoms with Crippen LogP contribution in [0.4, 0.5) is 5.69 Å². The molecule has 3 rings (SSSR count). The van der Waals surface area contributed by atoms with Gasteiger partial charge in [-0.2, -0.15) is 0 Å². The van der Waals surface area contributed by atoms with E-state index < -0.39 is 10.0 Å². The Kier molecular flexibility index (Phi) is 7.46. The molecule has 0 amide bonds. The molecular weight excluding hydrogens is 486 g/mol. The second-order valence-corrected chi connectivity index (χ2v) is 8.47. The summed E-state index contributed by atoms with van der Waals surface area (Å²) in [5, 5.41) is 7.24. The summed E-state index contributed by atoms with van der Waals surface area (Å²) < 4.78 is 30.7. The molecule has 28 heavy (non-hydrogen) atoms. The zero-order valence-corrected chi connectivity index (χ0v) is 19.2. The van der Waals surface area contributed by atoms with Gasteiger partial charge in [0.25, 0.3) is 0 Å². The van der Waals surface area contributed by atoms with Crippen molar-refractivity contribution in [3.63, 3.8) is 0 Å². The van der Waals surface area contributed by atoms with Crippen LogP contribution in [0.5, 0.6) is 5.75 Å². The van der Waals surface area contributed by atoms with Crippen LogP contribution in [-0.4, -0.2) is 19.6 Å². The summed E-state index contributed by atoms with van der Waals surface area (Å²) in [5.41, 5.74) is 2.30. The SMILES string of the molecule is Br.CCOc1ccc(N=c2scc(-c3ccc(Cl)c(S(N)(=O)=O)c3)n2C)cc1. The first-order chi connectivity index (χ1) is 12.8. The number of sulfonamides is 1. The topological polar surface area (TPSA) is 86.7 Å². The van der Waals surface area contributed by atoms with Gasteiger partial charge in [-0.15, -0.1) is 28.3 Å². The lowest BCUT2D eigenvalue weighted by atomic mass is 10.2. The van der Waals surface area contributed by atoms with Gasteiger partial charge in [-0.3, -0.25) is 0 Å². The quantitative estimate of drug-likeness (QED) is 0.563. The summed E-state index contributed by atoms with van der Waals surface area (Å²) >= 11 is 7.41. The van der Waals surface area contributed by atoms with E-state index in [1.165, 1.54) is 23.5 Å². The number of hydrogen-bond donors (Lipinski definition) is 1. The Bertz CT molecular complexity index is 1140. The van der Waals surface area contributed by atoms with E-state index in [9.17, 15) is 8.42 Å². The molecule has 6 nitrogen and oxygen atoms in total. The number of hydrogen-bond acceptors (Lipinski definition) is 5. The highest BCUT2D eigenvalue weighted by molar-refractivity contribution is 8.93. The molecular formula is C18H19BrClN3O3S2. The fourth-order valence-corrected chi connectivity index (χ4v) is 4.50. The zero-order chi connectivity index (χ0) is 19.6. The Labute approximate surface area is 183 Å². The van der Waals surface area contributed by atoms with Crippen molar-refractivity contribution in [3.05, 3.63) is 57.7 Å². The van der Waals surface area contributed by atoms with Crippen LogP contribution in [0.25, 0.3) is 11.3 Å². The van der Waals surface area contributed by atoms with Crippen molar-refractivity contribution in [2.75, 3.05) is 6.61 Å². The van der Waals surface area contributed by atoms with E-state index in [1.807, 2.05) is 48.2 Å². The van der Waals surface area contributed by atoms with Gasteiger partial charge in [0.15, 0.2) is 4.80 Å². The van der Waals surface area contributed by atoms with E-state index in [1.54, 1.807) is 6.07 Å². The number of nitrogens with two attached hydrogens (primary N) is 1. The molecule has 0 aliphatic carbocycles. The van der Waals surface area contributed by atoms with Crippen LogP contribution >= 0.6 is 39.9 Å². The minimum atomic E-state index is -3.90. The summed E-state index contributed by atoms with van der Waals surface area (Å²) in [7, 11) is -2.04. The van der Waals surface area contributed by atoms with Crippen LogP contribution in [0.15, 0.2) is 57.7 Å². The Morgan fingerprint density at radius 1 is 1.21 bits per heavy atom. The number of primary sulfonamides is 1. The van der Waals surface area contributed by atoms with Crippen LogP contribution < -0.4 is 14.7 Å². The molecule has 0 saturated carbocycles. The second kappa shape index (κ2) is 9.23. The van der Waals surface area contributed by atoms with Gasteiger partial charge in [0.05, 0.1) is 23.0 Å². The number of thiazole rings is 1. The predicted molar refractivity (Wildman–Crippen MR) is 118 cm³/mol. The molecule has 0 radical (unpaired) electrons. The third kappa shape index (κ3) is 5.03. The molecule has 2 N–H and O–H groups in total. The fourth-order valence-electron chi connectivity index (χ4n) is 2.51. The molecule has 0 fully saturated rings. The lowest BCUT2D eigenvalue weighted by molar-refractivity contribution is 0.340. The van der Waals surface area contributed by atoms with E-state index in [0.717, 1.165) is 21.9 Å². The average Bonchev–Trinajstić information content (AvgIpc) is 2.97. The molecule has 0 saturated heterocycles. The smallest absolute Gasteiger partial charge is 0.239 e. The monoisotopic (exact) mass is 503 g/mol. The van der Waals surface area contributed by atoms with Gasteiger partial charge in [-0.1, -0.05) is 17.7 Å². The molecule has 150 valence electrons. The van der Waals surface area contributed by atoms with Gasteiger partial charge in [0.1, 0.15) is 10.6 Å². The van der Waals surface area contributed by atoms with Crippen molar-refractivity contribution in [3.8, 4) is 17.0 Å². The second-order valence-electron chi connectivity index (χ2n) is 5.69. The predicted octanol–water partition coefficient (Wildman–Crippen LogP) is 4.26. The highest BCUT2D eigenvalue weighted by atomic mass is 79.9. The molecule has 0 aliphatic heterocycles. The van der Waals surface area contributed by atoms with Gasteiger partial charge in [0.2, 0.25) is 10.0 Å². The maximum Gasteiger partial charge on any atom is 0.239 e. The Morgan fingerprint density at radius 3 is 2.50 bits per heavy atom. The summed E-state index contributed by atoms with van der Waals surface area (Å²) in [5.74, 6) is 0.796. The highest BCUT2D eigenvalue weighted by Gasteiger charge is 2.15. The van der Waals surface area contributed by atoms with Crippen molar-refractivity contribution < 1.29 is 13.2 Å². The van der Waals surface area contributed by atoms with Gasteiger partial charge in [-0.25, -0.2) is 18.5 Å². The Morgan fingerprint density at radius 2 is 1.89 bits per heavy atom. The third-order valence-electron chi connectivity index (χ3n) is 3.83. The van der Waals surface area contributed by atoms with Gasteiger partial charge >= 0.3 is 0 Å². The minimum absolute atomic E-state index is 0. The summed E-state index contributed by atoms with van der Waals surface area (Å²) in [6.07, 6.45) is 0. The minimum Gasteiger partial charge on any atom is -0.494 e. The lowest BCUT2D eigenvalue weighted by Crippen LogP contribution is -2.13. The maximum absolute atomic E-state index is 11.7. The van der Waals surface area contributed by atoms with Crippen molar-refractivity contribution in [1.82, 2.24) is 4.57 Å². The van der Waals surface area contributed by atoms with E-state index in [-0.39, 0.29) is 26.9 Å². The van der Waals surface area contributed by atoms with Crippen LogP contribution in [0.2, 0.25) is 5.02 Å². The molecule has 0 spiro atoms. The lowest BCUT2D eigenvalue weighted by Gasteiger charge is -2.07. The molecule has 2 aromatic carbocycles. The number of aromatic nitrogens is 1. The van der Waals surface area contributed by atoms with E-state index in [0.29, 0.717) is 12.2 Å². The van der Waals surface area contributed by atoms with Gasteiger partial charge < -0.3 is 9.30 Å². The fraction of sp³-hybridized carbons (Fsp3) is 0.167. The maximum atomic E-state index is 11.7. The highest BCUT2D eigenvalue weighted by Crippen LogP contribution is 2.28. The average molecular weight is 505 g/mol. The van der Waals surface area contributed by atoms with Gasteiger partial charge in [-0.05, 0) is 43.3 Å². The first kappa shape index (κ1) is 22.6. The Hall–Kier alpha value is -1.65. The number of rotatable bonds is 5. The van der Waals surface area contributed by atoms with E-state index >= 15 is 0 Å². The standard InChI is InChI=1S/C18H18ClN3O3S2.BrH/c1-3-25-14-7-5-13(6-8-14)21-18-22(2)16(11-26-18)12-4-9-15(19)17(10-12)27(20,23)24;/h4-11H,3H2,1-2H3,(H2,20,23,24);1H. The van der Waals surface area contributed by atoms with Crippen LogP contribution in [-0.2, 0) is 17.1 Å². The molecule has 0 unspecified atom stereocenters. The van der Waals surface area contributed by atoms with Crippen LogP contribution in [0.3, 0.4) is 0 Å². The van der Waals surface area contributed by atoms with Crippen molar-refractivity contribution in [2.24, 2.45) is 17.2 Å². The molecule has 1 aromatic heterocycles. The number of nitrogens with zero attached hydrogens (tertiary/aromatic N) is 2. The molecule has 1 heterocycles. The normalized spacial score (nSPS) is 11.9. The summed E-state index contributed by atoms with van der Waals surface area (Å²) in [6, 6.07) is 12.2. The van der Waals surface area contributed by atoms with Crippen molar-refractivity contribution >= 4 is 55.6 Å². The Balaban J connectivity index is 0.00000280. The van der Waals surface area contributed by atoms with Crippen molar-refractivity contribution in [1.29, 1.82) is 0 Å². The molecule has 0 atom stereocenters. The molecule has 10 heteroatoms. The van der Waals surface area contributed by atoms with E-state index in [4.69, 9.17) is 21.5 Å². The summed E-state index contributed by atoms with van der Waals surface area (Å²) in [4.78, 5) is 5.30. The molecule has 0 bridgehead atoms.